The van der Waals surface area contributed by atoms with Crippen molar-refractivity contribution in [2.45, 2.75) is 19.4 Å². The Labute approximate surface area is 148 Å². The van der Waals surface area contributed by atoms with E-state index in [1.54, 1.807) is 31.4 Å². The number of fused-ring (bicyclic) bond motifs is 1. The standard InChI is InChI=1S/C18H16BrNO4/c1-11-9-16(14-8-7-12(22-2)10-17(14)23-11)20-24-18(21)13-5-3-4-6-15(13)19/h3-8,10-11H,9H2,1-2H3/b20-16-. The number of methoxy groups -OCH3 is 1. The lowest BCUT2D eigenvalue weighted by atomic mass is 10.0. The van der Waals surface area contributed by atoms with Crippen LogP contribution in [0.2, 0.25) is 0 Å². The minimum atomic E-state index is -0.510. The van der Waals surface area contributed by atoms with E-state index in [9.17, 15) is 4.79 Å². The molecule has 24 heavy (non-hydrogen) atoms. The average Bonchev–Trinajstić information content (AvgIpc) is 2.59. The number of hydrogen-bond acceptors (Lipinski definition) is 5. The molecule has 0 bridgehead atoms. The third kappa shape index (κ3) is 3.43. The van der Waals surface area contributed by atoms with Crippen molar-refractivity contribution in [3.63, 3.8) is 0 Å². The summed E-state index contributed by atoms with van der Waals surface area (Å²) in [6.45, 7) is 1.94. The van der Waals surface area contributed by atoms with E-state index in [2.05, 4.69) is 21.1 Å². The quantitative estimate of drug-likeness (QED) is 0.583. The summed E-state index contributed by atoms with van der Waals surface area (Å²) in [5.74, 6) is 0.861. The summed E-state index contributed by atoms with van der Waals surface area (Å²) in [4.78, 5) is 17.3. The van der Waals surface area contributed by atoms with E-state index in [1.165, 1.54) is 0 Å². The number of nitrogens with zero attached hydrogens (tertiary/aromatic N) is 1. The van der Waals surface area contributed by atoms with Crippen LogP contribution < -0.4 is 9.47 Å². The monoisotopic (exact) mass is 389 g/mol. The van der Waals surface area contributed by atoms with E-state index in [1.807, 2.05) is 25.1 Å². The number of oxime groups is 1. The number of halogens is 1. The van der Waals surface area contributed by atoms with Gasteiger partial charge in [0.1, 0.15) is 17.6 Å². The first-order chi connectivity index (χ1) is 11.6. The fourth-order valence-electron chi connectivity index (χ4n) is 2.47. The first kappa shape index (κ1) is 16.5. The van der Waals surface area contributed by atoms with Crippen molar-refractivity contribution < 1.29 is 19.1 Å². The summed E-state index contributed by atoms with van der Waals surface area (Å²) in [5, 5.41) is 4.07. The van der Waals surface area contributed by atoms with E-state index >= 15 is 0 Å². The van der Waals surface area contributed by atoms with Crippen molar-refractivity contribution >= 4 is 27.6 Å². The van der Waals surface area contributed by atoms with Crippen LogP contribution in [0.5, 0.6) is 11.5 Å². The Kier molecular flexibility index (Phi) is 4.85. The van der Waals surface area contributed by atoms with Crippen molar-refractivity contribution in [2.24, 2.45) is 5.16 Å². The largest absolute Gasteiger partial charge is 0.497 e. The summed E-state index contributed by atoms with van der Waals surface area (Å²) < 4.78 is 11.7. The molecule has 0 amide bonds. The Morgan fingerprint density at radius 3 is 2.83 bits per heavy atom. The lowest BCUT2D eigenvalue weighted by molar-refractivity contribution is 0.0512. The Morgan fingerprint density at radius 1 is 1.29 bits per heavy atom. The highest BCUT2D eigenvalue weighted by Crippen LogP contribution is 2.31. The molecule has 5 nitrogen and oxygen atoms in total. The highest BCUT2D eigenvalue weighted by molar-refractivity contribution is 9.10. The molecule has 0 saturated heterocycles. The van der Waals surface area contributed by atoms with Gasteiger partial charge in [0.05, 0.1) is 18.4 Å². The van der Waals surface area contributed by atoms with Crippen LogP contribution in [0.25, 0.3) is 0 Å². The van der Waals surface area contributed by atoms with Gasteiger partial charge in [0, 0.05) is 22.5 Å². The fourth-order valence-corrected chi connectivity index (χ4v) is 2.91. The van der Waals surface area contributed by atoms with Gasteiger partial charge >= 0.3 is 5.97 Å². The molecule has 0 fully saturated rings. The number of carbonyl (C=O) groups excluding carboxylic acids is 1. The molecule has 2 aromatic carbocycles. The molecule has 0 saturated carbocycles. The lowest BCUT2D eigenvalue weighted by Crippen LogP contribution is -2.25. The third-order valence-corrected chi connectivity index (χ3v) is 4.33. The maximum absolute atomic E-state index is 12.2. The van der Waals surface area contributed by atoms with E-state index in [0.29, 0.717) is 33.7 Å². The minimum Gasteiger partial charge on any atom is -0.497 e. The molecule has 0 radical (unpaired) electrons. The van der Waals surface area contributed by atoms with Gasteiger partial charge in [-0.15, -0.1) is 0 Å². The molecule has 1 unspecified atom stereocenters. The summed E-state index contributed by atoms with van der Waals surface area (Å²) in [6.07, 6.45) is 0.494. The molecule has 3 rings (SSSR count). The maximum atomic E-state index is 12.2. The molecule has 1 aliphatic rings. The number of ether oxygens (including phenoxy) is 2. The zero-order valence-corrected chi connectivity index (χ0v) is 14.9. The Bertz CT molecular complexity index is 803. The molecule has 0 aromatic heterocycles. The van der Waals surface area contributed by atoms with Crippen LogP contribution in [0.1, 0.15) is 29.3 Å². The number of rotatable bonds is 3. The predicted octanol–water partition coefficient (Wildman–Crippen LogP) is 4.19. The van der Waals surface area contributed by atoms with Crippen LogP contribution >= 0.6 is 15.9 Å². The van der Waals surface area contributed by atoms with E-state index in [0.717, 1.165) is 5.56 Å². The zero-order valence-electron chi connectivity index (χ0n) is 13.3. The van der Waals surface area contributed by atoms with Crippen molar-refractivity contribution in [2.75, 3.05) is 7.11 Å². The molecule has 124 valence electrons. The van der Waals surface area contributed by atoms with Crippen molar-refractivity contribution in [3.05, 3.63) is 58.1 Å². The first-order valence-electron chi connectivity index (χ1n) is 7.46. The summed E-state index contributed by atoms with van der Waals surface area (Å²) in [6, 6.07) is 12.5. The molecular formula is C18H16BrNO4. The van der Waals surface area contributed by atoms with Gasteiger partial charge in [-0.2, -0.15) is 0 Å². The molecule has 0 aliphatic carbocycles. The van der Waals surface area contributed by atoms with Gasteiger partial charge in [-0.3, -0.25) is 0 Å². The summed E-state index contributed by atoms with van der Waals surface area (Å²) in [7, 11) is 1.60. The topological polar surface area (TPSA) is 57.1 Å². The zero-order chi connectivity index (χ0) is 17.1. The number of carbonyl (C=O) groups is 1. The molecule has 1 heterocycles. The molecule has 0 N–H and O–H groups in total. The second-order valence-corrected chi connectivity index (χ2v) is 6.25. The van der Waals surface area contributed by atoms with Gasteiger partial charge in [-0.05, 0) is 47.1 Å². The van der Waals surface area contributed by atoms with E-state index in [-0.39, 0.29) is 6.10 Å². The Morgan fingerprint density at radius 2 is 2.08 bits per heavy atom. The van der Waals surface area contributed by atoms with Crippen LogP contribution in [0.4, 0.5) is 0 Å². The second-order valence-electron chi connectivity index (χ2n) is 5.39. The Balaban J connectivity index is 1.86. The molecular weight excluding hydrogens is 374 g/mol. The van der Waals surface area contributed by atoms with Gasteiger partial charge in [-0.25, -0.2) is 4.79 Å². The molecule has 1 aliphatic heterocycles. The van der Waals surface area contributed by atoms with Crippen LogP contribution in [-0.2, 0) is 4.84 Å². The number of hydrogen-bond donors (Lipinski definition) is 0. The minimum absolute atomic E-state index is 0.0643. The smallest absolute Gasteiger partial charge is 0.366 e. The van der Waals surface area contributed by atoms with Crippen LogP contribution in [0, 0.1) is 0 Å². The van der Waals surface area contributed by atoms with Crippen molar-refractivity contribution in [3.8, 4) is 11.5 Å². The molecule has 2 aromatic rings. The first-order valence-corrected chi connectivity index (χ1v) is 8.25. The highest BCUT2D eigenvalue weighted by atomic mass is 79.9. The maximum Gasteiger partial charge on any atom is 0.366 e. The van der Waals surface area contributed by atoms with Crippen molar-refractivity contribution in [1.82, 2.24) is 0 Å². The SMILES string of the molecule is COc1ccc2c(c1)OC(C)C/C2=N/OC(=O)c1ccccc1Br. The lowest BCUT2D eigenvalue weighted by Gasteiger charge is -2.24. The molecule has 6 heteroatoms. The van der Waals surface area contributed by atoms with Gasteiger partial charge < -0.3 is 14.3 Å². The second kappa shape index (κ2) is 7.05. The van der Waals surface area contributed by atoms with Gasteiger partial charge in [0.25, 0.3) is 0 Å². The van der Waals surface area contributed by atoms with Crippen LogP contribution in [0.3, 0.4) is 0 Å². The third-order valence-electron chi connectivity index (χ3n) is 3.64. The molecule has 1 atom stereocenters. The van der Waals surface area contributed by atoms with Gasteiger partial charge in [-0.1, -0.05) is 17.3 Å². The van der Waals surface area contributed by atoms with E-state index < -0.39 is 5.97 Å². The molecule has 0 spiro atoms. The number of benzene rings is 2. The van der Waals surface area contributed by atoms with Crippen LogP contribution in [0.15, 0.2) is 52.1 Å². The van der Waals surface area contributed by atoms with Crippen molar-refractivity contribution in [1.29, 1.82) is 0 Å². The highest BCUT2D eigenvalue weighted by Gasteiger charge is 2.24. The van der Waals surface area contributed by atoms with Gasteiger partial charge in [0.2, 0.25) is 0 Å². The predicted molar refractivity (Wildman–Crippen MR) is 93.8 cm³/mol. The summed E-state index contributed by atoms with van der Waals surface area (Å²) >= 11 is 3.33. The van der Waals surface area contributed by atoms with E-state index in [4.69, 9.17) is 14.3 Å². The normalized spacial score (nSPS) is 17.8. The summed E-state index contributed by atoms with van der Waals surface area (Å²) in [5.41, 5.74) is 1.90. The van der Waals surface area contributed by atoms with Gasteiger partial charge in [0.15, 0.2) is 0 Å². The fraction of sp³-hybridized carbons (Fsp3) is 0.222. The Hall–Kier alpha value is -2.34. The van der Waals surface area contributed by atoms with Crippen LogP contribution in [-0.4, -0.2) is 24.9 Å². The average molecular weight is 390 g/mol.